The Hall–Kier alpha value is -3.03. The van der Waals surface area contributed by atoms with Gasteiger partial charge in [-0.3, -0.25) is 14.9 Å². The van der Waals surface area contributed by atoms with Gasteiger partial charge in [-0.15, -0.1) is 0 Å². The number of carbonyl (C=O) groups excluding carboxylic acids is 1. The lowest BCUT2D eigenvalue weighted by atomic mass is 10.2. The molecule has 2 rings (SSSR count). The highest BCUT2D eigenvalue weighted by Gasteiger charge is 2.11. The maximum atomic E-state index is 12.8. The molecule has 0 bridgehead atoms. The standard InChI is InChI=1S/C16H17FN4O3/c1-11-9-15(20-10-14(11)21(23)24)18-7-2-8-19-16(22)12-3-5-13(17)6-4-12/h3-6,9-10H,2,7-8H2,1H3,(H,18,20)(H,19,22). The van der Waals surface area contributed by atoms with Crippen molar-refractivity contribution in [2.24, 2.45) is 0 Å². The molecule has 126 valence electrons. The van der Waals surface area contributed by atoms with Gasteiger partial charge in [-0.1, -0.05) is 0 Å². The first-order valence-corrected chi connectivity index (χ1v) is 7.36. The molecule has 1 aromatic heterocycles. The van der Waals surface area contributed by atoms with E-state index in [1.54, 1.807) is 13.0 Å². The van der Waals surface area contributed by atoms with E-state index >= 15 is 0 Å². The van der Waals surface area contributed by atoms with Crippen LogP contribution < -0.4 is 10.6 Å². The van der Waals surface area contributed by atoms with Crippen LogP contribution in [0.15, 0.2) is 36.5 Å². The maximum absolute atomic E-state index is 12.8. The van der Waals surface area contributed by atoms with Gasteiger partial charge in [0.1, 0.15) is 17.8 Å². The molecule has 8 heteroatoms. The molecule has 24 heavy (non-hydrogen) atoms. The average Bonchev–Trinajstić information content (AvgIpc) is 2.54. The number of carbonyl (C=O) groups is 1. The van der Waals surface area contributed by atoms with Crippen LogP contribution in [0.5, 0.6) is 0 Å². The largest absolute Gasteiger partial charge is 0.370 e. The Morgan fingerprint density at radius 1 is 1.29 bits per heavy atom. The molecule has 0 saturated heterocycles. The summed E-state index contributed by atoms with van der Waals surface area (Å²) in [6, 6.07) is 6.92. The fourth-order valence-corrected chi connectivity index (χ4v) is 2.05. The number of hydrogen-bond acceptors (Lipinski definition) is 5. The van der Waals surface area contributed by atoms with Crippen molar-refractivity contribution in [3.63, 3.8) is 0 Å². The van der Waals surface area contributed by atoms with E-state index in [0.717, 1.165) is 0 Å². The van der Waals surface area contributed by atoms with E-state index in [1.165, 1.54) is 30.5 Å². The summed E-state index contributed by atoms with van der Waals surface area (Å²) in [7, 11) is 0. The highest BCUT2D eigenvalue weighted by Crippen LogP contribution is 2.18. The lowest BCUT2D eigenvalue weighted by Crippen LogP contribution is -2.25. The second-order valence-corrected chi connectivity index (χ2v) is 5.16. The quantitative estimate of drug-likeness (QED) is 0.461. The Morgan fingerprint density at radius 2 is 2.00 bits per heavy atom. The van der Waals surface area contributed by atoms with Gasteiger partial charge in [-0.05, 0) is 43.7 Å². The van der Waals surface area contributed by atoms with E-state index in [4.69, 9.17) is 0 Å². The third-order valence-electron chi connectivity index (χ3n) is 3.33. The van der Waals surface area contributed by atoms with E-state index in [2.05, 4.69) is 15.6 Å². The molecule has 0 saturated carbocycles. The van der Waals surface area contributed by atoms with E-state index < -0.39 is 4.92 Å². The van der Waals surface area contributed by atoms with Gasteiger partial charge in [0.05, 0.1) is 4.92 Å². The zero-order valence-electron chi connectivity index (χ0n) is 13.1. The number of benzene rings is 1. The monoisotopic (exact) mass is 332 g/mol. The van der Waals surface area contributed by atoms with Crippen molar-refractivity contribution < 1.29 is 14.1 Å². The summed E-state index contributed by atoms with van der Waals surface area (Å²) in [5, 5.41) is 16.5. The minimum atomic E-state index is -0.475. The summed E-state index contributed by atoms with van der Waals surface area (Å²) in [6.07, 6.45) is 1.86. The molecule has 0 radical (unpaired) electrons. The van der Waals surface area contributed by atoms with Gasteiger partial charge in [0.2, 0.25) is 0 Å². The summed E-state index contributed by atoms with van der Waals surface area (Å²) >= 11 is 0. The minimum absolute atomic E-state index is 0.0212. The van der Waals surface area contributed by atoms with Gasteiger partial charge in [0.15, 0.2) is 0 Å². The van der Waals surface area contributed by atoms with Crippen molar-refractivity contribution in [3.05, 3.63) is 63.6 Å². The van der Waals surface area contributed by atoms with Crippen LogP contribution in [0.4, 0.5) is 15.9 Å². The maximum Gasteiger partial charge on any atom is 0.290 e. The number of pyridine rings is 1. The molecule has 1 aromatic carbocycles. The van der Waals surface area contributed by atoms with Crippen molar-refractivity contribution in [1.82, 2.24) is 10.3 Å². The Morgan fingerprint density at radius 3 is 2.62 bits per heavy atom. The number of rotatable bonds is 7. The second kappa shape index (κ2) is 8.00. The number of nitrogens with one attached hydrogen (secondary N) is 2. The molecule has 0 aliphatic heterocycles. The van der Waals surface area contributed by atoms with Gasteiger partial charge in [0, 0.05) is 24.2 Å². The predicted octanol–water partition coefficient (Wildman–Crippen LogP) is 2.67. The predicted molar refractivity (Wildman–Crippen MR) is 87.5 cm³/mol. The average molecular weight is 332 g/mol. The van der Waals surface area contributed by atoms with E-state index in [-0.39, 0.29) is 17.4 Å². The smallest absolute Gasteiger partial charge is 0.290 e. The summed E-state index contributed by atoms with van der Waals surface area (Å²) in [5.74, 6) is -0.107. The van der Waals surface area contributed by atoms with Crippen LogP contribution >= 0.6 is 0 Å². The summed E-state index contributed by atoms with van der Waals surface area (Å²) in [5.41, 5.74) is 0.909. The van der Waals surface area contributed by atoms with E-state index in [0.29, 0.717) is 36.5 Å². The first-order valence-electron chi connectivity index (χ1n) is 7.36. The van der Waals surface area contributed by atoms with Crippen LogP contribution in [0, 0.1) is 22.9 Å². The van der Waals surface area contributed by atoms with E-state index in [9.17, 15) is 19.3 Å². The second-order valence-electron chi connectivity index (χ2n) is 5.16. The Labute approximate surface area is 138 Å². The number of halogens is 1. The number of anilines is 1. The molecule has 1 amide bonds. The van der Waals surface area contributed by atoms with Crippen molar-refractivity contribution >= 4 is 17.4 Å². The molecule has 2 aromatic rings. The molecule has 0 spiro atoms. The first kappa shape index (κ1) is 17.3. The highest BCUT2D eigenvalue weighted by atomic mass is 19.1. The van der Waals surface area contributed by atoms with Crippen molar-refractivity contribution in [3.8, 4) is 0 Å². The third kappa shape index (κ3) is 4.73. The topological polar surface area (TPSA) is 97.2 Å². The van der Waals surface area contributed by atoms with Crippen molar-refractivity contribution in [2.75, 3.05) is 18.4 Å². The third-order valence-corrected chi connectivity index (χ3v) is 3.33. The number of aromatic nitrogens is 1. The zero-order valence-corrected chi connectivity index (χ0v) is 13.1. The number of hydrogen-bond donors (Lipinski definition) is 2. The normalized spacial score (nSPS) is 10.2. The Bertz CT molecular complexity index is 735. The minimum Gasteiger partial charge on any atom is -0.370 e. The number of amides is 1. The van der Waals surface area contributed by atoms with Crippen LogP contribution in [0.25, 0.3) is 0 Å². The number of nitro groups is 1. The van der Waals surface area contributed by atoms with E-state index in [1.807, 2.05) is 0 Å². The molecule has 0 fully saturated rings. The number of aryl methyl sites for hydroxylation is 1. The molecular weight excluding hydrogens is 315 g/mol. The van der Waals surface area contributed by atoms with Crippen LogP contribution in [0.2, 0.25) is 0 Å². The van der Waals surface area contributed by atoms with Gasteiger partial charge in [-0.2, -0.15) is 0 Å². The van der Waals surface area contributed by atoms with Crippen LogP contribution in [-0.4, -0.2) is 28.9 Å². The van der Waals surface area contributed by atoms with Crippen LogP contribution in [0.1, 0.15) is 22.3 Å². The summed E-state index contributed by atoms with van der Waals surface area (Å²) < 4.78 is 12.8. The lowest BCUT2D eigenvalue weighted by molar-refractivity contribution is -0.385. The van der Waals surface area contributed by atoms with Crippen molar-refractivity contribution in [1.29, 1.82) is 0 Å². The molecule has 2 N–H and O–H groups in total. The van der Waals surface area contributed by atoms with Crippen LogP contribution in [0.3, 0.4) is 0 Å². The number of nitrogens with zero attached hydrogens (tertiary/aromatic N) is 2. The van der Waals surface area contributed by atoms with Gasteiger partial charge >= 0.3 is 0 Å². The fraction of sp³-hybridized carbons (Fsp3) is 0.250. The van der Waals surface area contributed by atoms with Crippen LogP contribution in [-0.2, 0) is 0 Å². The molecule has 0 atom stereocenters. The van der Waals surface area contributed by atoms with Gasteiger partial charge in [0.25, 0.3) is 11.6 Å². The molecule has 0 unspecified atom stereocenters. The Balaban J connectivity index is 1.73. The van der Waals surface area contributed by atoms with Crippen molar-refractivity contribution in [2.45, 2.75) is 13.3 Å². The Kier molecular flexibility index (Phi) is 5.78. The molecule has 7 nitrogen and oxygen atoms in total. The fourth-order valence-electron chi connectivity index (χ4n) is 2.05. The summed E-state index contributed by atoms with van der Waals surface area (Å²) in [4.78, 5) is 26.0. The molecule has 0 aliphatic rings. The SMILES string of the molecule is Cc1cc(NCCCNC(=O)c2ccc(F)cc2)ncc1[N+](=O)[O-]. The van der Waals surface area contributed by atoms with Gasteiger partial charge in [-0.25, -0.2) is 9.37 Å². The molecule has 1 heterocycles. The summed E-state index contributed by atoms with van der Waals surface area (Å²) in [6.45, 7) is 2.64. The molecular formula is C16H17FN4O3. The highest BCUT2D eigenvalue weighted by molar-refractivity contribution is 5.94. The van der Waals surface area contributed by atoms with Gasteiger partial charge < -0.3 is 10.6 Å². The first-order chi connectivity index (χ1) is 11.5. The lowest BCUT2D eigenvalue weighted by Gasteiger charge is -2.08. The molecule has 0 aliphatic carbocycles. The zero-order chi connectivity index (χ0) is 17.5.